The number of benzene rings is 1. The smallest absolute Gasteiger partial charge is 0.228 e. The van der Waals surface area contributed by atoms with Gasteiger partial charge >= 0.3 is 0 Å². The molecule has 0 aliphatic carbocycles. The van der Waals surface area contributed by atoms with E-state index in [-0.39, 0.29) is 11.3 Å². The topological polar surface area (TPSA) is 32.8 Å². The maximum atomic E-state index is 12.3. The van der Waals surface area contributed by atoms with Crippen LogP contribution in [0.3, 0.4) is 0 Å². The molecule has 0 aromatic heterocycles. The molecule has 116 valence electrons. The van der Waals surface area contributed by atoms with Gasteiger partial charge in [0.05, 0.1) is 7.11 Å². The summed E-state index contributed by atoms with van der Waals surface area (Å²) < 4.78 is 5.34. The summed E-state index contributed by atoms with van der Waals surface area (Å²) >= 11 is 0. The van der Waals surface area contributed by atoms with Crippen molar-refractivity contribution in [3.8, 4) is 5.75 Å². The summed E-state index contributed by atoms with van der Waals surface area (Å²) in [6, 6.07) is 6.26. The van der Waals surface area contributed by atoms with Crippen LogP contribution < -0.4 is 9.64 Å². The number of nitrogens with zero attached hydrogens (tertiary/aromatic N) is 2. The molecule has 1 heterocycles. The molecule has 0 bridgehead atoms. The summed E-state index contributed by atoms with van der Waals surface area (Å²) in [5, 5.41) is 0. The Morgan fingerprint density at radius 1 is 1.10 bits per heavy atom. The van der Waals surface area contributed by atoms with Crippen molar-refractivity contribution in [2.45, 2.75) is 27.7 Å². The molecule has 4 heteroatoms. The van der Waals surface area contributed by atoms with Crippen LogP contribution in [0.15, 0.2) is 18.2 Å². The number of rotatable bonds is 2. The lowest BCUT2D eigenvalue weighted by Crippen LogP contribution is -2.51. The van der Waals surface area contributed by atoms with Crippen molar-refractivity contribution in [1.82, 2.24) is 4.90 Å². The molecule has 0 unspecified atom stereocenters. The van der Waals surface area contributed by atoms with Gasteiger partial charge in [0.25, 0.3) is 0 Å². The molecule has 0 radical (unpaired) electrons. The van der Waals surface area contributed by atoms with Crippen LogP contribution in [0.2, 0.25) is 0 Å². The van der Waals surface area contributed by atoms with Gasteiger partial charge in [0, 0.05) is 43.3 Å². The first-order valence-electron chi connectivity index (χ1n) is 7.51. The zero-order chi connectivity index (χ0) is 15.6. The third-order valence-electron chi connectivity index (χ3n) is 3.84. The zero-order valence-electron chi connectivity index (χ0n) is 13.8. The Morgan fingerprint density at radius 3 is 2.24 bits per heavy atom. The molecular weight excluding hydrogens is 264 g/mol. The fraction of sp³-hybridized carbons (Fsp3) is 0.588. The first-order valence-corrected chi connectivity index (χ1v) is 7.51. The molecule has 1 aliphatic rings. The number of ether oxygens (including phenoxy) is 1. The molecule has 1 aromatic carbocycles. The molecule has 1 aromatic rings. The minimum absolute atomic E-state index is 0.240. The number of amides is 1. The molecule has 1 aliphatic heterocycles. The Morgan fingerprint density at radius 2 is 1.71 bits per heavy atom. The van der Waals surface area contributed by atoms with E-state index in [0.29, 0.717) is 0 Å². The van der Waals surface area contributed by atoms with E-state index in [9.17, 15) is 4.79 Å². The Labute approximate surface area is 127 Å². The SMILES string of the molecule is COc1cc(C)cc(N2CCN(C(=O)C(C)(C)C)CC2)c1. The summed E-state index contributed by atoms with van der Waals surface area (Å²) in [5.74, 6) is 1.13. The highest BCUT2D eigenvalue weighted by Gasteiger charge is 2.29. The predicted octanol–water partition coefficient (Wildman–Crippen LogP) is 2.70. The van der Waals surface area contributed by atoms with E-state index in [4.69, 9.17) is 4.74 Å². The van der Waals surface area contributed by atoms with Gasteiger partial charge in [0.15, 0.2) is 0 Å². The predicted molar refractivity (Wildman–Crippen MR) is 86.0 cm³/mol. The van der Waals surface area contributed by atoms with Gasteiger partial charge in [-0.25, -0.2) is 0 Å². The van der Waals surface area contributed by atoms with Crippen LogP contribution in [0.5, 0.6) is 5.75 Å². The standard InChI is InChI=1S/C17H26N2O2/c1-13-10-14(12-15(11-13)21-5)18-6-8-19(9-7-18)16(20)17(2,3)4/h10-12H,6-9H2,1-5H3. The molecule has 0 saturated carbocycles. The van der Waals surface area contributed by atoms with E-state index >= 15 is 0 Å². The Kier molecular flexibility index (Phi) is 4.45. The van der Waals surface area contributed by atoms with Crippen molar-refractivity contribution >= 4 is 11.6 Å². The van der Waals surface area contributed by atoms with Crippen LogP contribution >= 0.6 is 0 Å². The van der Waals surface area contributed by atoms with Gasteiger partial charge in [-0.15, -0.1) is 0 Å². The van der Waals surface area contributed by atoms with Crippen LogP contribution in [0.4, 0.5) is 5.69 Å². The molecule has 21 heavy (non-hydrogen) atoms. The molecule has 0 atom stereocenters. The largest absolute Gasteiger partial charge is 0.497 e. The zero-order valence-corrected chi connectivity index (χ0v) is 13.8. The number of methoxy groups -OCH3 is 1. The third kappa shape index (κ3) is 3.69. The summed E-state index contributed by atoms with van der Waals surface area (Å²) in [6.07, 6.45) is 0. The van der Waals surface area contributed by atoms with Crippen LogP contribution in [-0.2, 0) is 4.79 Å². The van der Waals surface area contributed by atoms with E-state index in [2.05, 4.69) is 24.0 Å². The highest BCUT2D eigenvalue weighted by Crippen LogP contribution is 2.25. The van der Waals surface area contributed by atoms with Gasteiger partial charge < -0.3 is 14.5 Å². The van der Waals surface area contributed by atoms with E-state index in [1.807, 2.05) is 31.7 Å². The number of anilines is 1. The van der Waals surface area contributed by atoms with Gasteiger partial charge in [0.1, 0.15) is 5.75 Å². The van der Waals surface area contributed by atoms with E-state index in [1.165, 1.54) is 11.3 Å². The monoisotopic (exact) mass is 290 g/mol. The highest BCUT2D eigenvalue weighted by molar-refractivity contribution is 5.81. The van der Waals surface area contributed by atoms with Crippen LogP contribution in [0.1, 0.15) is 26.3 Å². The number of aryl methyl sites for hydroxylation is 1. The maximum Gasteiger partial charge on any atom is 0.228 e. The lowest BCUT2D eigenvalue weighted by Gasteiger charge is -2.38. The van der Waals surface area contributed by atoms with Gasteiger partial charge in [-0.05, 0) is 24.6 Å². The molecule has 0 spiro atoms. The number of carbonyl (C=O) groups is 1. The van der Waals surface area contributed by atoms with Crippen molar-refractivity contribution < 1.29 is 9.53 Å². The molecule has 2 rings (SSSR count). The summed E-state index contributed by atoms with van der Waals surface area (Å²) in [7, 11) is 1.69. The van der Waals surface area contributed by atoms with Crippen molar-refractivity contribution in [2.75, 3.05) is 38.2 Å². The third-order valence-corrected chi connectivity index (χ3v) is 3.84. The molecular formula is C17H26N2O2. The summed E-state index contributed by atoms with van der Waals surface area (Å²) in [5.41, 5.74) is 2.07. The summed E-state index contributed by atoms with van der Waals surface area (Å²) in [4.78, 5) is 16.6. The first-order chi connectivity index (χ1) is 9.81. The molecule has 1 fully saturated rings. The van der Waals surface area contributed by atoms with E-state index in [0.717, 1.165) is 31.9 Å². The molecule has 1 amide bonds. The van der Waals surface area contributed by atoms with E-state index in [1.54, 1.807) is 7.11 Å². The first kappa shape index (κ1) is 15.7. The van der Waals surface area contributed by atoms with Gasteiger partial charge in [-0.3, -0.25) is 4.79 Å². The summed E-state index contributed by atoms with van der Waals surface area (Å²) in [6.45, 7) is 11.3. The maximum absolute atomic E-state index is 12.3. The van der Waals surface area contributed by atoms with Gasteiger partial charge in [-0.2, -0.15) is 0 Å². The van der Waals surface area contributed by atoms with Crippen molar-refractivity contribution in [2.24, 2.45) is 5.41 Å². The number of hydrogen-bond donors (Lipinski definition) is 0. The second-order valence-electron chi connectivity index (χ2n) is 6.74. The normalized spacial score (nSPS) is 16.0. The van der Waals surface area contributed by atoms with Crippen LogP contribution in [-0.4, -0.2) is 44.1 Å². The van der Waals surface area contributed by atoms with Crippen LogP contribution in [0, 0.1) is 12.3 Å². The van der Waals surface area contributed by atoms with Crippen LogP contribution in [0.25, 0.3) is 0 Å². The fourth-order valence-electron chi connectivity index (χ4n) is 2.67. The van der Waals surface area contributed by atoms with Crippen molar-refractivity contribution in [1.29, 1.82) is 0 Å². The molecule has 1 saturated heterocycles. The van der Waals surface area contributed by atoms with Gasteiger partial charge in [0.2, 0.25) is 5.91 Å². The Hall–Kier alpha value is -1.71. The quantitative estimate of drug-likeness (QED) is 0.839. The fourth-order valence-corrected chi connectivity index (χ4v) is 2.67. The molecule has 4 nitrogen and oxygen atoms in total. The van der Waals surface area contributed by atoms with Crippen molar-refractivity contribution in [3.05, 3.63) is 23.8 Å². The number of hydrogen-bond acceptors (Lipinski definition) is 3. The van der Waals surface area contributed by atoms with Gasteiger partial charge in [-0.1, -0.05) is 20.8 Å². The second kappa shape index (κ2) is 5.96. The minimum atomic E-state index is -0.297. The Balaban J connectivity index is 2.04. The average molecular weight is 290 g/mol. The number of piperazine rings is 1. The molecule has 0 N–H and O–H groups in total. The lowest BCUT2D eigenvalue weighted by molar-refractivity contribution is -0.139. The number of carbonyl (C=O) groups excluding carboxylic acids is 1. The second-order valence-corrected chi connectivity index (χ2v) is 6.74. The average Bonchev–Trinajstić information content (AvgIpc) is 2.45. The minimum Gasteiger partial charge on any atom is -0.497 e. The lowest BCUT2D eigenvalue weighted by atomic mass is 9.94. The Bertz CT molecular complexity index is 512. The highest BCUT2D eigenvalue weighted by atomic mass is 16.5. The van der Waals surface area contributed by atoms with Crippen molar-refractivity contribution in [3.63, 3.8) is 0 Å². The van der Waals surface area contributed by atoms with E-state index < -0.39 is 0 Å².